The number of morpholine rings is 1. The minimum absolute atomic E-state index is 0.0304. The van der Waals surface area contributed by atoms with E-state index in [-0.39, 0.29) is 24.1 Å². The molecule has 0 unspecified atom stereocenters. The van der Waals surface area contributed by atoms with Gasteiger partial charge in [-0.3, -0.25) is 9.69 Å². The van der Waals surface area contributed by atoms with Crippen molar-refractivity contribution in [1.82, 2.24) is 19.7 Å². The highest BCUT2D eigenvalue weighted by Gasteiger charge is 2.30. The first-order chi connectivity index (χ1) is 11.6. The number of anilines is 1. The summed E-state index contributed by atoms with van der Waals surface area (Å²) in [7, 11) is 0. The fourth-order valence-corrected chi connectivity index (χ4v) is 3.46. The molecule has 2 atom stereocenters. The average Bonchev–Trinajstić information content (AvgIpc) is 3.25. The molecule has 24 heavy (non-hydrogen) atoms. The molecular weight excluding hydrogens is 326 g/mol. The molecule has 1 aliphatic rings. The van der Waals surface area contributed by atoms with Gasteiger partial charge in [-0.25, -0.2) is 9.67 Å². The van der Waals surface area contributed by atoms with Crippen LogP contribution in [0.4, 0.5) is 5.82 Å². The fraction of sp³-hybridized carbons (Fsp3) is 0.562. The van der Waals surface area contributed by atoms with E-state index in [1.54, 1.807) is 23.7 Å². The van der Waals surface area contributed by atoms with Crippen molar-refractivity contribution in [1.29, 1.82) is 0 Å². The van der Waals surface area contributed by atoms with E-state index in [9.17, 15) is 4.79 Å². The molecule has 1 N–H and O–H groups in total. The van der Waals surface area contributed by atoms with Crippen LogP contribution in [-0.2, 0) is 9.53 Å². The molecule has 0 radical (unpaired) electrons. The van der Waals surface area contributed by atoms with Gasteiger partial charge in [0, 0.05) is 36.8 Å². The van der Waals surface area contributed by atoms with Gasteiger partial charge < -0.3 is 10.1 Å². The van der Waals surface area contributed by atoms with Gasteiger partial charge in [-0.2, -0.15) is 5.10 Å². The van der Waals surface area contributed by atoms with E-state index < -0.39 is 0 Å². The summed E-state index contributed by atoms with van der Waals surface area (Å²) < 4.78 is 7.61. The Morgan fingerprint density at radius 1 is 1.42 bits per heavy atom. The zero-order chi connectivity index (χ0) is 17.1. The van der Waals surface area contributed by atoms with Crippen molar-refractivity contribution < 1.29 is 9.53 Å². The van der Waals surface area contributed by atoms with E-state index in [1.165, 1.54) is 0 Å². The topological polar surface area (TPSA) is 72.3 Å². The third-order valence-electron chi connectivity index (χ3n) is 4.16. The number of aromatic nitrogens is 3. The molecule has 1 amide bonds. The number of hydrogen-bond acceptors (Lipinski definition) is 6. The second kappa shape index (κ2) is 7.42. The van der Waals surface area contributed by atoms with Crippen molar-refractivity contribution in [2.24, 2.45) is 0 Å². The number of thiazole rings is 1. The summed E-state index contributed by atoms with van der Waals surface area (Å²) in [4.78, 5) is 19.1. The molecule has 130 valence electrons. The monoisotopic (exact) mass is 349 g/mol. The van der Waals surface area contributed by atoms with Gasteiger partial charge in [0.25, 0.3) is 0 Å². The molecule has 3 rings (SSSR count). The van der Waals surface area contributed by atoms with Crippen LogP contribution in [0.2, 0.25) is 0 Å². The average molecular weight is 349 g/mol. The van der Waals surface area contributed by atoms with Crippen LogP contribution in [0.5, 0.6) is 0 Å². The number of carbonyl (C=O) groups excluding carboxylic acids is 1. The molecule has 2 aromatic rings. The van der Waals surface area contributed by atoms with Gasteiger partial charge in [0.2, 0.25) is 5.91 Å². The van der Waals surface area contributed by atoms with Crippen molar-refractivity contribution in [2.45, 2.75) is 39.0 Å². The maximum atomic E-state index is 12.6. The summed E-state index contributed by atoms with van der Waals surface area (Å²) in [6.45, 7) is 8.01. The van der Waals surface area contributed by atoms with Gasteiger partial charge >= 0.3 is 0 Å². The molecule has 0 aliphatic carbocycles. The van der Waals surface area contributed by atoms with E-state index in [0.29, 0.717) is 13.2 Å². The molecule has 3 heterocycles. The van der Waals surface area contributed by atoms with Gasteiger partial charge in [-0.15, -0.1) is 11.3 Å². The Morgan fingerprint density at radius 3 is 2.96 bits per heavy atom. The van der Waals surface area contributed by atoms with Crippen molar-refractivity contribution in [3.8, 4) is 0 Å². The second-order valence-corrected chi connectivity index (χ2v) is 7.07. The van der Waals surface area contributed by atoms with Crippen LogP contribution in [-0.4, -0.2) is 51.3 Å². The molecule has 0 aromatic carbocycles. The van der Waals surface area contributed by atoms with Crippen LogP contribution in [0.3, 0.4) is 0 Å². The number of hydrogen-bond donors (Lipinski definition) is 1. The van der Waals surface area contributed by atoms with E-state index >= 15 is 0 Å². The number of carbonyl (C=O) groups is 1. The maximum Gasteiger partial charge on any atom is 0.242 e. The SMILES string of the molecule is CC(C)n1nccc1NC(=O)[C@@H](C)N1CCO[C@H](c2nccs2)C1. The Balaban J connectivity index is 1.63. The first kappa shape index (κ1) is 17.1. The van der Waals surface area contributed by atoms with Gasteiger partial charge in [0.1, 0.15) is 16.9 Å². The van der Waals surface area contributed by atoms with Gasteiger partial charge in [-0.1, -0.05) is 0 Å². The zero-order valence-electron chi connectivity index (χ0n) is 14.2. The molecule has 0 spiro atoms. The number of ether oxygens (including phenoxy) is 1. The zero-order valence-corrected chi connectivity index (χ0v) is 15.0. The third-order valence-corrected chi connectivity index (χ3v) is 5.03. The number of amides is 1. The molecule has 1 aliphatic heterocycles. The normalized spacial score (nSPS) is 20.2. The Kier molecular flexibility index (Phi) is 5.27. The lowest BCUT2D eigenvalue weighted by atomic mass is 10.2. The minimum atomic E-state index is -0.244. The van der Waals surface area contributed by atoms with Crippen molar-refractivity contribution in [3.63, 3.8) is 0 Å². The lowest BCUT2D eigenvalue weighted by Gasteiger charge is -2.35. The summed E-state index contributed by atoms with van der Waals surface area (Å²) in [6, 6.07) is 1.78. The molecule has 8 heteroatoms. The number of nitrogens with one attached hydrogen (secondary N) is 1. The number of rotatable bonds is 5. The summed E-state index contributed by atoms with van der Waals surface area (Å²) in [5, 5.41) is 10.1. The molecule has 1 fully saturated rings. The predicted molar refractivity (Wildman–Crippen MR) is 93.1 cm³/mol. The first-order valence-electron chi connectivity index (χ1n) is 8.15. The van der Waals surface area contributed by atoms with E-state index in [2.05, 4.69) is 20.3 Å². The molecular formula is C16H23N5O2S. The van der Waals surface area contributed by atoms with E-state index in [0.717, 1.165) is 17.4 Å². The molecule has 0 bridgehead atoms. The second-order valence-electron chi connectivity index (χ2n) is 6.14. The molecule has 2 aromatic heterocycles. The Hall–Kier alpha value is -1.77. The highest BCUT2D eigenvalue weighted by molar-refractivity contribution is 7.09. The molecule has 1 saturated heterocycles. The Morgan fingerprint density at radius 2 is 2.25 bits per heavy atom. The summed E-state index contributed by atoms with van der Waals surface area (Å²) >= 11 is 1.59. The minimum Gasteiger partial charge on any atom is -0.368 e. The quantitative estimate of drug-likeness (QED) is 0.897. The van der Waals surface area contributed by atoms with Crippen molar-refractivity contribution in [3.05, 3.63) is 28.8 Å². The van der Waals surface area contributed by atoms with Gasteiger partial charge in [-0.05, 0) is 20.8 Å². The Labute approximate surface area is 145 Å². The highest BCUT2D eigenvalue weighted by atomic mass is 32.1. The van der Waals surface area contributed by atoms with Gasteiger partial charge in [0.05, 0.1) is 18.8 Å². The summed E-state index contributed by atoms with van der Waals surface area (Å²) in [5.74, 6) is 0.698. The van der Waals surface area contributed by atoms with Crippen LogP contribution in [0.15, 0.2) is 23.8 Å². The van der Waals surface area contributed by atoms with Crippen LogP contribution in [0, 0.1) is 0 Å². The van der Waals surface area contributed by atoms with Crippen LogP contribution < -0.4 is 5.32 Å². The van der Waals surface area contributed by atoms with Gasteiger partial charge in [0.15, 0.2) is 0 Å². The standard InChI is InChI=1S/C16H23N5O2S/c1-11(2)21-14(4-5-18-21)19-15(22)12(3)20-7-8-23-13(10-20)16-17-6-9-24-16/h4-6,9,11-13H,7-8,10H2,1-3H3,(H,19,22)/t12-,13+/m1/s1. The smallest absolute Gasteiger partial charge is 0.242 e. The maximum absolute atomic E-state index is 12.6. The number of nitrogens with zero attached hydrogens (tertiary/aromatic N) is 4. The van der Waals surface area contributed by atoms with Crippen LogP contribution >= 0.6 is 11.3 Å². The fourth-order valence-electron chi connectivity index (χ4n) is 2.79. The van der Waals surface area contributed by atoms with Crippen molar-refractivity contribution >= 4 is 23.1 Å². The molecule has 0 saturated carbocycles. The van der Waals surface area contributed by atoms with E-state index in [1.807, 2.05) is 36.9 Å². The largest absolute Gasteiger partial charge is 0.368 e. The lowest BCUT2D eigenvalue weighted by molar-refractivity contribution is -0.124. The highest BCUT2D eigenvalue weighted by Crippen LogP contribution is 2.25. The first-order valence-corrected chi connectivity index (χ1v) is 9.03. The van der Waals surface area contributed by atoms with Crippen LogP contribution in [0.25, 0.3) is 0 Å². The summed E-state index contributed by atoms with van der Waals surface area (Å²) in [6.07, 6.45) is 3.43. The Bertz CT molecular complexity index is 670. The van der Waals surface area contributed by atoms with Crippen LogP contribution in [0.1, 0.15) is 37.9 Å². The third kappa shape index (κ3) is 3.66. The lowest BCUT2D eigenvalue weighted by Crippen LogP contribution is -2.48. The molecule has 7 nitrogen and oxygen atoms in total. The van der Waals surface area contributed by atoms with E-state index in [4.69, 9.17) is 4.74 Å². The predicted octanol–water partition coefficient (Wildman–Crippen LogP) is 2.32. The summed E-state index contributed by atoms with van der Waals surface area (Å²) in [5.41, 5.74) is 0. The van der Waals surface area contributed by atoms with Crippen molar-refractivity contribution in [2.75, 3.05) is 25.0 Å².